The summed E-state index contributed by atoms with van der Waals surface area (Å²) in [7, 11) is 0. The highest BCUT2D eigenvalue weighted by Gasteiger charge is 2.22. The average molecular weight is 432 g/mol. The van der Waals surface area contributed by atoms with Crippen LogP contribution in [0.3, 0.4) is 0 Å². The normalized spacial score (nSPS) is 13.7. The summed E-state index contributed by atoms with van der Waals surface area (Å²) in [6, 6.07) is 10.5. The fraction of sp³-hybridized carbons (Fsp3) is 0.350. The van der Waals surface area contributed by atoms with Gasteiger partial charge in [-0.15, -0.1) is 10.2 Å². The summed E-state index contributed by atoms with van der Waals surface area (Å²) in [6.07, 6.45) is 0.280. The van der Waals surface area contributed by atoms with Crippen molar-refractivity contribution in [3.63, 3.8) is 0 Å². The summed E-state index contributed by atoms with van der Waals surface area (Å²) in [5.41, 5.74) is 1.42. The maximum Gasteiger partial charge on any atom is 0.303 e. The summed E-state index contributed by atoms with van der Waals surface area (Å²) >= 11 is 5.77. The minimum absolute atomic E-state index is 0.0449. The van der Waals surface area contributed by atoms with E-state index >= 15 is 0 Å². The number of carbonyl (C=O) groups is 3. The van der Waals surface area contributed by atoms with Crippen molar-refractivity contribution < 1.29 is 19.1 Å². The molecule has 2 heterocycles. The van der Waals surface area contributed by atoms with Gasteiger partial charge in [-0.3, -0.25) is 14.4 Å². The number of piperazine rings is 1. The third-order valence-electron chi connectivity index (χ3n) is 4.57. The number of ether oxygens (including phenoxy) is 1. The average Bonchev–Trinajstić information content (AvgIpc) is 2.74. The Morgan fingerprint density at radius 2 is 1.73 bits per heavy atom. The maximum absolute atomic E-state index is 12.6. The Morgan fingerprint density at radius 1 is 1.03 bits per heavy atom. The number of nitrogens with one attached hydrogen (secondary N) is 1. The van der Waals surface area contributed by atoms with Gasteiger partial charge in [0.25, 0.3) is 5.91 Å². The van der Waals surface area contributed by atoms with Gasteiger partial charge in [0.2, 0.25) is 5.91 Å². The van der Waals surface area contributed by atoms with Crippen LogP contribution < -0.4 is 10.2 Å². The number of aromatic nitrogens is 2. The van der Waals surface area contributed by atoms with Crippen molar-refractivity contribution in [2.45, 2.75) is 13.3 Å². The molecule has 0 bridgehead atoms. The number of carbonyl (C=O) groups excluding carboxylic acids is 3. The predicted octanol–water partition coefficient (Wildman–Crippen LogP) is 1.52. The monoisotopic (exact) mass is 431 g/mol. The highest BCUT2D eigenvalue weighted by Crippen LogP contribution is 2.16. The molecule has 1 N–H and O–H groups in total. The van der Waals surface area contributed by atoms with Gasteiger partial charge in [0.1, 0.15) is 0 Å². The lowest BCUT2D eigenvalue weighted by molar-refractivity contribution is -0.144. The molecule has 0 radical (unpaired) electrons. The van der Waals surface area contributed by atoms with Gasteiger partial charge in [-0.2, -0.15) is 0 Å². The fourth-order valence-electron chi connectivity index (χ4n) is 3.02. The zero-order valence-corrected chi connectivity index (χ0v) is 17.3. The maximum atomic E-state index is 12.6. The van der Waals surface area contributed by atoms with Gasteiger partial charge in [-0.25, -0.2) is 0 Å². The number of halogens is 1. The molecular formula is C20H22ClN5O4. The summed E-state index contributed by atoms with van der Waals surface area (Å²) in [4.78, 5) is 38.9. The minimum atomic E-state index is -0.513. The molecule has 30 heavy (non-hydrogen) atoms. The smallest absolute Gasteiger partial charge is 0.303 e. The van der Waals surface area contributed by atoms with E-state index in [1.165, 1.54) is 6.92 Å². The molecule has 1 fully saturated rings. The lowest BCUT2D eigenvalue weighted by atomic mass is 10.1. The molecule has 1 aliphatic rings. The molecule has 0 atom stereocenters. The Bertz CT molecular complexity index is 896. The first-order valence-electron chi connectivity index (χ1n) is 9.45. The standard InChI is InChI=1S/C20H22ClN5O4/c1-14(27)30-13-19(28)22-16-4-2-15(3-5-16)12-20(29)26-10-8-25(9-11-26)18-7-6-17(21)23-24-18/h2-7H,8-13H2,1H3,(H,22,28). The highest BCUT2D eigenvalue weighted by atomic mass is 35.5. The molecular weight excluding hydrogens is 410 g/mol. The summed E-state index contributed by atoms with van der Waals surface area (Å²) in [5, 5.41) is 10.9. The molecule has 1 aliphatic heterocycles. The topological polar surface area (TPSA) is 105 Å². The van der Waals surface area contributed by atoms with Gasteiger partial charge >= 0.3 is 5.97 Å². The second-order valence-corrected chi connectivity index (χ2v) is 7.17. The number of benzene rings is 1. The quantitative estimate of drug-likeness (QED) is 0.691. The summed E-state index contributed by atoms with van der Waals surface area (Å²) < 4.78 is 4.64. The molecule has 0 aliphatic carbocycles. The second kappa shape index (κ2) is 10.0. The third-order valence-corrected chi connectivity index (χ3v) is 4.78. The van der Waals surface area contributed by atoms with Gasteiger partial charge in [-0.05, 0) is 29.8 Å². The van der Waals surface area contributed by atoms with E-state index in [2.05, 4.69) is 25.2 Å². The van der Waals surface area contributed by atoms with Crippen LogP contribution in [0.25, 0.3) is 0 Å². The van der Waals surface area contributed by atoms with Gasteiger partial charge in [-0.1, -0.05) is 23.7 Å². The molecule has 2 aromatic rings. The Kier molecular flexibility index (Phi) is 7.18. The largest absolute Gasteiger partial charge is 0.456 e. The van der Waals surface area contributed by atoms with Crippen molar-refractivity contribution in [1.29, 1.82) is 0 Å². The molecule has 0 spiro atoms. The van der Waals surface area contributed by atoms with Crippen LogP contribution >= 0.6 is 11.6 Å². The van der Waals surface area contributed by atoms with Crippen LogP contribution in [-0.4, -0.2) is 65.7 Å². The van der Waals surface area contributed by atoms with Gasteiger partial charge in [0, 0.05) is 38.8 Å². The molecule has 2 amide bonds. The van der Waals surface area contributed by atoms with E-state index in [1.807, 2.05) is 11.0 Å². The molecule has 0 saturated carbocycles. The Labute approximate surface area is 179 Å². The molecule has 9 nitrogen and oxygen atoms in total. The molecule has 10 heteroatoms. The fourth-order valence-corrected chi connectivity index (χ4v) is 3.12. The van der Waals surface area contributed by atoms with Gasteiger partial charge < -0.3 is 19.9 Å². The number of rotatable bonds is 6. The molecule has 1 saturated heterocycles. The van der Waals surface area contributed by atoms with E-state index < -0.39 is 11.9 Å². The predicted molar refractivity (Wildman–Crippen MR) is 111 cm³/mol. The van der Waals surface area contributed by atoms with Crippen LogP contribution in [0.15, 0.2) is 36.4 Å². The minimum Gasteiger partial charge on any atom is -0.456 e. The number of anilines is 2. The van der Waals surface area contributed by atoms with Crippen LogP contribution in [0.1, 0.15) is 12.5 Å². The van der Waals surface area contributed by atoms with E-state index in [1.54, 1.807) is 30.3 Å². The Hall–Kier alpha value is -3.20. The number of hydrogen-bond donors (Lipinski definition) is 1. The molecule has 0 unspecified atom stereocenters. The third kappa shape index (κ3) is 6.15. The molecule has 158 valence electrons. The first-order chi connectivity index (χ1) is 14.4. The first kappa shape index (κ1) is 21.5. The van der Waals surface area contributed by atoms with Gasteiger partial charge in [0.05, 0.1) is 6.42 Å². The van der Waals surface area contributed by atoms with E-state index in [-0.39, 0.29) is 18.9 Å². The van der Waals surface area contributed by atoms with Crippen molar-refractivity contribution in [3.8, 4) is 0 Å². The van der Waals surface area contributed by atoms with E-state index in [0.717, 1.165) is 11.4 Å². The van der Waals surface area contributed by atoms with Crippen molar-refractivity contribution in [3.05, 3.63) is 47.1 Å². The lowest BCUT2D eigenvalue weighted by Crippen LogP contribution is -2.49. The van der Waals surface area contributed by atoms with Crippen molar-refractivity contribution in [2.24, 2.45) is 0 Å². The van der Waals surface area contributed by atoms with E-state index in [9.17, 15) is 14.4 Å². The zero-order valence-electron chi connectivity index (χ0n) is 16.5. The molecule has 1 aromatic carbocycles. The van der Waals surface area contributed by atoms with Crippen molar-refractivity contribution in [1.82, 2.24) is 15.1 Å². The zero-order chi connectivity index (χ0) is 21.5. The number of nitrogens with zero attached hydrogens (tertiary/aromatic N) is 4. The van der Waals surface area contributed by atoms with Gasteiger partial charge in [0.15, 0.2) is 17.6 Å². The van der Waals surface area contributed by atoms with Crippen LogP contribution in [0.2, 0.25) is 5.15 Å². The number of hydrogen-bond acceptors (Lipinski definition) is 7. The van der Waals surface area contributed by atoms with Crippen LogP contribution in [0.4, 0.5) is 11.5 Å². The molecule has 1 aromatic heterocycles. The van der Waals surface area contributed by atoms with Crippen LogP contribution in [0.5, 0.6) is 0 Å². The van der Waals surface area contributed by atoms with Crippen LogP contribution in [-0.2, 0) is 25.5 Å². The highest BCUT2D eigenvalue weighted by molar-refractivity contribution is 6.29. The van der Waals surface area contributed by atoms with E-state index in [4.69, 9.17) is 11.6 Å². The van der Waals surface area contributed by atoms with Crippen LogP contribution in [0, 0.1) is 0 Å². The van der Waals surface area contributed by atoms with E-state index in [0.29, 0.717) is 37.0 Å². The Balaban J connectivity index is 1.46. The van der Waals surface area contributed by atoms with Crippen molar-refractivity contribution >= 4 is 40.9 Å². The number of esters is 1. The Morgan fingerprint density at radius 3 is 2.33 bits per heavy atom. The second-order valence-electron chi connectivity index (χ2n) is 6.78. The molecule has 3 rings (SSSR count). The summed E-state index contributed by atoms with van der Waals surface area (Å²) in [6.45, 7) is 3.47. The summed E-state index contributed by atoms with van der Waals surface area (Å²) in [5.74, 6) is -0.139. The first-order valence-corrected chi connectivity index (χ1v) is 9.82. The van der Waals surface area contributed by atoms with Crippen molar-refractivity contribution in [2.75, 3.05) is 43.0 Å². The number of amides is 2. The lowest BCUT2D eigenvalue weighted by Gasteiger charge is -2.35. The SMILES string of the molecule is CC(=O)OCC(=O)Nc1ccc(CC(=O)N2CCN(c3ccc(Cl)nn3)CC2)cc1.